The van der Waals surface area contributed by atoms with Crippen LogP contribution in [0.15, 0.2) is 41.3 Å². The first kappa shape index (κ1) is 19.5. The highest BCUT2D eigenvalue weighted by atomic mass is 32.2. The standard InChI is InChI=1S/C18H18F3NO4S/c1-25-15-9-12-7-8-22(11-13(12)10-16(15)26-2)27(23,24)17-6-4-3-5-14(17)18(19,20)21/h3-6,9-10H,7-8,11H2,1-2H3. The van der Waals surface area contributed by atoms with Gasteiger partial charge in [-0.3, -0.25) is 0 Å². The van der Waals surface area contributed by atoms with Crippen molar-refractivity contribution in [3.8, 4) is 11.5 Å². The second-order valence-electron chi connectivity index (χ2n) is 6.06. The van der Waals surface area contributed by atoms with Gasteiger partial charge in [-0.1, -0.05) is 12.1 Å². The van der Waals surface area contributed by atoms with E-state index in [2.05, 4.69) is 0 Å². The Kier molecular flexibility index (Phi) is 5.09. The van der Waals surface area contributed by atoms with Crippen molar-refractivity contribution >= 4 is 10.0 Å². The van der Waals surface area contributed by atoms with E-state index in [0.29, 0.717) is 23.5 Å². The van der Waals surface area contributed by atoms with Crippen LogP contribution < -0.4 is 9.47 Å². The molecular weight excluding hydrogens is 383 g/mol. The first-order chi connectivity index (χ1) is 12.7. The third-order valence-electron chi connectivity index (χ3n) is 4.49. The van der Waals surface area contributed by atoms with Crippen LogP contribution in [0.2, 0.25) is 0 Å². The lowest BCUT2D eigenvalue weighted by Gasteiger charge is -2.29. The SMILES string of the molecule is COc1cc2c(cc1OC)CN(S(=O)(=O)c1ccccc1C(F)(F)F)CC2. The number of halogens is 3. The molecule has 1 heterocycles. The van der Waals surface area contributed by atoms with Crippen molar-refractivity contribution in [3.05, 3.63) is 53.1 Å². The molecule has 27 heavy (non-hydrogen) atoms. The highest BCUT2D eigenvalue weighted by molar-refractivity contribution is 7.89. The van der Waals surface area contributed by atoms with Crippen LogP contribution in [0.4, 0.5) is 13.2 Å². The molecule has 0 saturated carbocycles. The smallest absolute Gasteiger partial charge is 0.417 e. The maximum Gasteiger partial charge on any atom is 0.417 e. The summed E-state index contributed by atoms with van der Waals surface area (Å²) in [5, 5.41) is 0. The molecule has 0 saturated heterocycles. The van der Waals surface area contributed by atoms with Gasteiger partial charge in [0.1, 0.15) is 0 Å². The Hall–Kier alpha value is -2.26. The Morgan fingerprint density at radius 2 is 1.59 bits per heavy atom. The van der Waals surface area contributed by atoms with Crippen molar-refractivity contribution in [2.24, 2.45) is 0 Å². The summed E-state index contributed by atoms with van der Waals surface area (Å²) in [6.45, 7) is 0.0429. The molecule has 0 unspecified atom stereocenters. The maximum absolute atomic E-state index is 13.3. The normalized spacial score (nSPS) is 15.3. The summed E-state index contributed by atoms with van der Waals surface area (Å²) in [5.41, 5.74) is 0.387. The molecule has 0 spiro atoms. The number of sulfonamides is 1. The molecule has 0 aliphatic carbocycles. The number of ether oxygens (including phenoxy) is 2. The quantitative estimate of drug-likeness (QED) is 0.787. The van der Waals surface area contributed by atoms with E-state index in [1.165, 1.54) is 26.4 Å². The molecule has 0 radical (unpaired) electrons. The highest BCUT2D eigenvalue weighted by Crippen LogP contribution is 2.38. The van der Waals surface area contributed by atoms with E-state index in [1.54, 1.807) is 12.1 Å². The van der Waals surface area contributed by atoms with E-state index < -0.39 is 26.7 Å². The van der Waals surface area contributed by atoms with Crippen molar-refractivity contribution in [2.45, 2.75) is 24.0 Å². The van der Waals surface area contributed by atoms with E-state index in [4.69, 9.17) is 9.47 Å². The van der Waals surface area contributed by atoms with Crippen molar-refractivity contribution in [2.75, 3.05) is 20.8 Å². The van der Waals surface area contributed by atoms with Crippen LogP contribution >= 0.6 is 0 Å². The van der Waals surface area contributed by atoms with Crippen molar-refractivity contribution in [1.82, 2.24) is 4.31 Å². The van der Waals surface area contributed by atoms with Gasteiger partial charge in [0.25, 0.3) is 0 Å². The van der Waals surface area contributed by atoms with Crippen molar-refractivity contribution < 1.29 is 31.1 Å². The van der Waals surface area contributed by atoms with Crippen molar-refractivity contribution in [1.29, 1.82) is 0 Å². The van der Waals surface area contributed by atoms with E-state index >= 15 is 0 Å². The zero-order valence-corrected chi connectivity index (χ0v) is 15.5. The zero-order chi connectivity index (χ0) is 19.8. The van der Waals surface area contributed by atoms with Gasteiger partial charge in [0.15, 0.2) is 11.5 Å². The molecule has 5 nitrogen and oxygen atoms in total. The van der Waals surface area contributed by atoms with Crippen LogP contribution in [0.3, 0.4) is 0 Å². The van der Waals surface area contributed by atoms with Gasteiger partial charge in [0.05, 0.1) is 24.7 Å². The van der Waals surface area contributed by atoms with Gasteiger partial charge in [-0.2, -0.15) is 17.5 Å². The van der Waals surface area contributed by atoms with Crippen LogP contribution in [0.25, 0.3) is 0 Å². The molecule has 0 atom stereocenters. The van der Waals surface area contributed by atoms with Gasteiger partial charge in [0, 0.05) is 13.1 Å². The molecular formula is C18H18F3NO4S. The lowest BCUT2D eigenvalue weighted by Crippen LogP contribution is -2.36. The third kappa shape index (κ3) is 3.61. The number of benzene rings is 2. The molecule has 9 heteroatoms. The number of nitrogens with zero attached hydrogens (tertiary/aromatic N) is 1. The fraction of sp³-hybridized carbons (Fsp3) is 0.333. The summed E-state index contributed by atoms with van der Waals surface area (Å²) in [6.07, 6.45) is -4.39. The van der Waals surface area contributed by atoms with Gasteiger partial charge < -0.3 is 9.47 Å². The number of fused-ring (bicyclic) bond motifs is 1. The number of alkyl halides is 3. The minimum Gasteiger partial charge on any atom is -0.493 e. The second kappa shape index (κ2) is 7.05. The Morgan fingerprint density at radius 1 is 1.00 bits per heavy atom. The molecule has 1 aliphatic rings. The Bertz CT molecular complexity index is 958. The Labute approximate surface area is 155 Å². The Morgan fingerprint density at radius 3 is 2.19 bits per heavy atom. The molecule has 0 N–H and O–H groups in total. The average Bonchev–Trinajstić information content (AvgIpc) is 2.65. The minimum atomic E-state index is -4.76. The van der Waals surface area contributed by atoms with E-state index in [1.807, 2.05) is 0 Å². The summed E-state index contributed by atoms with van der Waals surface area (Å²) in [4.78, 5) is -0.735. The summed E-state index contributed by atoms with van der Waals surface area (Å²) < 4.78 is 77.1. The molecule has 0 amide bonds. The van der Waals surface area contributed by atoms with E-state index in [9.17, 15) is 21.6 Å². The maximum atomic E-state index is 13.3. The fourth-order valence-corrected chi connectivity index (χ4v) is 4.76. The number of rotatable bonds is 4. The summed E-state index contributed by atoms with van der Waals surface area (Å²) in [6, 6.07) is 7.65. The van der Waals surface area contributed by atoms with Gasteiger partial charge in [-0.25, -0.2) is 8.42 Å². The topological polar surface area (TPSA) is 55.8 Å². The predicted octanol–water partition coefficient (Wildman–Crippen LogP) is 3.47. The zero-order valence-electron chi connectivity index (χ0n) is 14.7. The van der Waals surface area contributed by atoms with Crippen LogP contribution in [0.5, 0.6) is 11.5 Å². The van der Waals surface area contributed by atoms with Crippen LogP contribution in [0.1, 0.15) is 16.7 Å². The number of hydrogen-bond acceptors (Lipinski definition) is 4. The number of methoxy groups -OCH3 is 2. The predicted molar refractivity (Wildman–Crippen MR) is 92.3 cm³/mol. The van der Waals surface area contributed by atoms with Gasteiger partial charge in [-0.05, 0) is 41.8 Å². The summed E-state index contributed by atoms with van der Waals surface area (Å²) in [5.74, 6) is 0.959. The summed E-state index contributed by atoms with van der Waals surface area (Å²) in [7, 11) is -1.36. The molecule has 0 fully saturated rings. The lowest BCUT2D eigenvalue weighted by atomic mass is 10.0. The van der Waals surface area contributed by atoms with Gasteiger partial charge in [-0.15, -0.1) is 0 Å². The molecule has 2 aromatic rings. The van der Waals surface area contributed by atoms with Crippen LogP contribution in [0, 0.1) is 0 Å². The molecule has 0 aromatic heterocycles. The average molecular weight is 401 g/mol. The second-order valence-corrected chi connectivity index (χ2v) is 7.96. The lowest BCUT2D eigenvalue weighted by molar-refractivity contribution is -0.139. The fourth-order valence-electron chi connectivity index (χ4n) is 3.13. The third-order valence-corrected chi connectivity index (χ3v) is 6.40. The largest absolute Gasteiger partial charge is 0.493 e. The molecule has 146 valence electrons. The summed E-state index contributed by atoms with van der Waals surface area (Å²) >= 11 is 0. The monoisotopic (exact) mass is 401 g/mol. The first-order valence-corrected chi connectivity index (χ1v) is 9.52. The molecule has 3 rings (SSSR count). The Balaban J connectivity index is 2.00. The van der Waals surface area contributed by atoms with Crippen molar-refractivity contribution in [3.63, 3.8) is 0 Å². The van der Waals surface area contributed by atoms with Crippen LogP contribution in [-0.4, -0.2) is 33.5 Å². The van der Waals surface area contributed by atoms with E-state index in [0.717, 1.165) is 22.0 Å². The van der Waals surface area contributed by atoms with E-state index in [-0.39, 0.29) is 13.1 Å². The molecule has 2 aromatic carbocycles. The van der Waals surface area contributed by atoms with Gasteiger partial charge in [0.2, 0.25) is 10.0 Å². The van der Waals surface area contributed by atoms with Gasteiger partial charge >= 0.3 is 6.18 Å². The number of hydrogen-bond donors (Lipinski definition) is 0. The minimum absolute atomic E-state index is 0.0375. The molecule has 0 bridgehead atoms. The first-order valence-electron chi connectivity index (χ1n) is 8.08. The van der Waals surface area contributed by atoms with Crippen LogP contribution in [-0.2, 0) is 29.2 Å². The molecule has 1 aliphatic heterocycles. The highest BCUT2D eigenvalue weighted by Gasteiger charge is 2.39.